The van der Waals surface area contributed by atoms with E-state index >= 15 is 0 Å². The van der Waals surface area contributed by atoms with Gasteiger partial charge in [0.15, 0.2) is 0 Å². The normalized spacial score (nSPS) is 13.9. The van der Waals surface area contributed by atoms with Crippen LogP contribution in [0.4, 0.5) is 0 Å². The molecule has 11 nitrogen and oxygen atoms in total. The van der Waals surface area contributed by atoms with E-state index < -0.39 is 36.0 Å². The van der Waals surface area contributed by atoms with E-state index in [2.05, 4.69) is 27.7 Å². The minimum Gasteiger partial charge on any atom is -0.493 e. The maximum atomic E-state index is 12.8. The van der Waals surface area contributed by atoms with Gasteiger partial charge in [-0.25, -0.2) is 0 Å². The number of hydrogen-bond acceptors (Lipinski definition) is 9. The molecule has 0 radical (unpaired) electrons. The third kappa shape index (κ3) is 26.1. The van der Waals surface area contributed by atoms with Gasteiger partial charge in [0.2, 0.25) is 0 Å². The summed E-state index contributed by atoms with van der Waals surface area (Å²) in [6.45, 7) is 11.3. The van der Waals surface area contributed by atoms with E-state index in [1.807, 2.05) is 44.1 Å². The van der Waals surface area contributed by atoms with Gasteiger partial charge in [-0.05, 0) is 76.2 Å². The maximum Gasteiger partial charge on any atom is 0.306 e. The molecule has 0 bridgehead atoms. The summed E-state index contributed by atoms with van der Waals surface area (Å²) in [5, 5.41) is 20.6. The maximum absolute atomic E-state index is 12.8. The van der Waals surface area contributed by atoms with E-state index in [-0.39, 0.29) is 43.9 Å². The molecule has 0 saturated heterocycles. The lowest BCUT2D eigenvalue weighted by Crippen LogP contribution is -2.31. The zero-order valence-electron chi connectivity index (χ0n) is 38.8. The van der Waals surface area contributed by atoms with Crippen molar-refractivity contribution < 1.29 is 48.3 Å². The van der Waals surface area contributed by atoms with Gasteiger partial charge in [0.05, 0.1) is 24.5 Å². The average molecular weight is 848 g/mol. The lowest BCUT2D eigenvalue weighted by molar-refractivity contribution is -0.160. The van der Waals surface area contributed by atoms with Crippen molar-refractivity contribution >= 4 is 23.9 Å². The Hall–Kier alpha value is -3.34. The number of nitrogens with zero attached hydrogens (tertiary/aromatic N) is 1. The van der Waals surface area contributed by atoms with Gasteiger partial charge in [0.1, 0.15) is 24.2 Å². The molecule has 0 fully saturated rings. The quantitative estimate of drug-likeness (QED) is 0.0481. The highest BCUT2D eigenvalue weighted by Crippen LogP contribution is 2.33. The van der Waals surface area contributed by atoms with Crippen LogP contribution in [-0.4, -0.2) is 78.5 Å². The van der Waals surface area contributed by atoms with E-state index in [9.17, 15) is 29.4 Å². The molecule has 0 saturated carbocycles. The molecule has 2 N–H and O–H groups in total. The first-order valence-corrected chi connectivity index (χ1v) is 23.8. The van der Waals surface area contributed by atoms with Gasteiger partial charge < -0.3 is 34.1 Å². The predicted molar refractivity (Wildman–Crippen MR) is 240 cm³/mol. The number of carboxylic acid groups (broad SMARTS) is 2. The molecule has 1 aromatic rings. The van der Waals surface area contributed by atoms with Crippen molar-refractivity contribution in [2.45, 2.75) is 207 Å². The van der Waals surface area contributed by atoms with Crippen LogP contribution in [0.3, 0.4) is 0 Å². The summed E-state index contributed by atoms with van der Waals surface area (Å²) >= 11 is 0. The van der Waals surface area contributed by atoms with Crippen molar-refractivity contribution in [3.63, 3.8) is 0 Å². The number of rotatable bonds is 39. The summed E-state index contributed by atoms with van der Waals surface area (Å²) < 4.78 is 24.3. The van der Waals surface area contributed by atoms with Gasteiger partial charge in [0.25, 0.3) is 0 Å². The number of aliphatic carboxylic acids is 2. The largest absolute Gasteiger partial charge is 0.493 e. The smallest absolute Gasteiger partial charge is 0.306 e. The van der Waals surface area contributed by atoms with Crippen LogP contribution in [0.1, 0.15) is 194 Å². The number of carbonyl (C=O) groups excluding carboxylic acids is 2. The first-order chi connectivity index (χ1) is 28.9. The second kappa shape index (κ2) is 34.3. The van der Waals surface area contributed by atoms with Crippen LogP contribution in [-0.2, 0) is 35.2 Å². The van der Waals surface area contributed by atoms with E-state index in [0.29, 0.717) is 56.6 Å². The Kier molecular flexibility index (Phi) is 31.2. The van der Waals surface area contributed by atoms with Crippen molar-refractivity contribution in [2.75, 3.05) is 27.3 Å². The van der Waals surface area contributed by atoms with Gasteiger partial charge in [-0.3, -0.25) is 19.2 Å². The van der Waals surface area contributed by atoms with Crippen LogP contribution in [0.15, 0.2) is 18.2 Å². The highest BCUT2D eigenvalue weighted by molar-refractivity contribution is 5.72. The third-order valence-electron chi connectivity index (χ3n) is 11.3. The van der Waals surface area contributed by atoms with Gasteiger partial charge in [-0.2, -0.15) is 0 Å². The number of carbonyl (C=O) groups is 4. The highest BCUT2D eigenvalue weighted by Gasteiger charge is 2.33. The Morgan fingerprint density at radius 1 is 0.617 bits per heavy atom. The van der Waals surface area contributed by atoms with E-state index in [1.54, 1.807) is 0 Å². The molecule has 0 aliphatic rings. The molecule has 60 heavy (non-hydrogen) atoms. The molecule has 0 spiro atoms. The zero-order chi connectivity index (χ0) is 44.5. The zero-order valence-corrected chi connectivity index (χ0v) is 38.8. The molecular weight excluding hydrogens is 763 g/mol. The van der Waals surface area contributed by atoms with E-state index in [4.69, 9.17) is 18.9 Å². The van der Waals surface area contributed by atoms with Crippen LogP contribution in [0.25, 0.3) is 0 Å². The molecule has 0 amide bonds. The number of esters is 2. The van der Waals surface area contributed by atoms with Crippen molar-refractivity contribution in [1.29, 1.82) is 0 Å². The van der Waals surface area contributed by atoms with Crippen molar-refractivity contribution in [3.8, 4) is 11.5 Å². The fourth-order valence-electron chi connectivity index (χ4n) is 7.77. The van der Waals surface area contributed by atoms with Gasteiger partial charge in [-0.15, -0.1) is 0 Å². The second-order valence-corrected chi connectivity index (χ2v) is 17.2. The van der Waals surface area contributed by atoms with Crippen LogP contribution >= 0.6 is 0 Å². The molecule has 0 aliphatic carbocycles. The van der Waals surface area contributed by atoms with Crippen LogP contribution in [0.5, 0.6) is 11.5 Å². The van der Waals surface area contributed by atoms with Gasteiger partial charge in [0, 0.05) is 31.9 Å². The monoisotopic (exact) mass is 848 g/mol. The van der Waals surface area contributed by atoms with Crippen LogP contribution < -0.4 is 9.47 Å². The number of unbranched alkanes of at least 4 members (excludes halogenated alkanes) is 12. The summed E-state index contributed by atoms with van der Waals surface area (Å²) in [5.74, 6) is -2.79. The Bertz CT molecular complexity index is 1300. The second-order valence-electron chi connectivity index (χ2n) is 17.2. The fraction of sp³-hybridized carbons (Fsp3) is 0.796. The summed E-state index contributed by atoms with van der Waals surface area (Å²) in [4.78, 5) is 52.6. The molecule has 0 heterocycles. The summed E-state index contributed by atoms with van der Waals surface area (Å²) in [6.07, 6.45) is 18.2. The predicted octanol–water partition coefficient (Wildman–Crippen LogP) is 11.8. The average Bonchev–Trinajstić information content (AvgIpc) is 3.20. The Morgan fingerprint density at radius 3 is 1.77 bits per heavy atom. The molecule has 0 aliphatic heterocycles. The summed E-state index contributed by atoms with van der Waals surface area (Å²) in [6, 6.07) is 5.72. The number of benzene rings is 1. The fourth-order valence-corrected chi connectivity index (χ4v) is 7.77. The lowest BCUT2D eigenvalue weighted by atomic mass is 9.78. The van der Waals surface area contributed by atoms with Crippen molar-refractivity contribution in [2.24, 2.45) is 17.8 Å². The third-order valence-corrected chi connectivity index (χ3v) is 11.3. The molecule has 11 heteroatoms. The minimum atomic E-state index is -0.927. The standard InChI is InChI=1S/C49H85NO10/c1-8-13-17-20-23-27-46(51)58-37-42(60-47(52)28-24-21-18-14-9-2)29-30-57-43-31-38(36-50(6)7)32-44(35-43)59-41(25-16-11-4)34-40(48(53)54)33-39(12-5)45(49(55)56)26-22-19-15-10-3/h31-32,35,39-42,45H,8-30,33-34,36-37H2,1-7H3,(H,53,54)(H,55,56)/t39?,40?,41?,42-,45-/m0/s1. The molecule has 3 unspecified atom stereocenters. The number of carboxylic acids is 2. The van der Waals surface area contributed by atoms with E-state index in [1.165, 1.54) is 0 Å². The first kappa shape index (κ1) is 54.7. The van der Waals surface area contributed by atoms with Gasteiger partial charge >= 0.3 is 23.9 Å². The molecular formula is C49H85NO10. The highest BCUT2D eigenvalue weighted by atomic mass is 16.6. The molecule has 346 valence electrons. The SMILES string of the molecule is CCCCCCCC(=O)OC[C@H](CCOc1cc(CN(C)C)cc(OC(CCCC)CC(CC(CC)[C@H](CCCCCC)C(=O)O)C(=O)O)c1)OC(=O)CCCCCCC. The van der Waals surface area contributed by atoms with Gasteiger partial charge in [-0.1, -0.05) is 131 Å². The van der Waals surface area contributed by atoms with Crippen molar-refractivity contribution in [3.05, 3.63) is 23.8 Å². The molecule has 5 atom stereocenters. The number of hydrogen-bond donors (Lipinski definition) is 2. The Labute approximate surface area is 364 Å². The summed E-state index contributed by atoms with van der Waals surface area (Å²) in [7, 11) is 3.95. The van der Waals surface area contributed by atoms with Crippen molar-refractivity contribution in [1.82, 2.24) is 4.90 Å². The molecule has 1 rings (SSSR count). The molecule has 1 aromatic carbocycles. The van der Waals surface area contributed by atoms with E-state index in [0.717, 1.165) is 108 Å². The Morgan fingerprint density at radius 2 is 1.20 bits per heavy atom. The Balaban J connectivity index is 3.18. The first-order valence-electron chi connectivity index (χ1n) is 23.8. The number of ether oxygens (including phenoxy) is 4. The molecule has 0 aromatic heterocycles. The van der Waals surface area contributed by atoms with Crippen LogP contribution in [0.2, 0.25) is 0 Å². The van der Waals surface area contributed by atoms with Crippen LogP contribution in [0, 0.1) is 17.8 Å². The lowest BCUT2D eigenvalue weighted by Gasteiger charge is -2.28. The summed E-state index contributed by atoms with van der Waals surface area (Å²) in [5.41, 5.74) is 0.953. The minimum absolute atomic E-state index is 0.0252. The topological polar surface area (TPSA) is 149 Å².